The van der Waals surface area contributed by atoms with E-state index in [0.29, 0.717) is 11.3 Å². The lowest BCUT2D eigenvalue weighted by molar-refractivity contribution is 0.291. The van der Waals surface area contributed by atoms with Crippen molar-refractivity contribution < 1.29 is 0 Å². The Morgan fingerprint density at radius 2 is 1.04 bits per heavy atom. The van der Waals surface area contributed by atoms with Gasteiger partial charge >= 0.3 is 0 Å². The molecule has 3 aromatic carbocycles. The molecule has 2 saturated carbocycles. The van der Waals surface area contributed by atoms with Crippen molar-refractivity contribution in [3.63, 3.8) is 0 Å². The van der Waals surface area contributed by atoms with Gasteiger partial charge in [0.2, 0.25) is 0 Å². The maximum absolute atomic E-state index is 3.56. The van der Waals surface area contributed by atoms with Crippen LogP contribution in [0.5, 0.6) is 0 Å². The van der Waals surface area contributed by atoms with Crippen molar-refractivity contribution >= 4 is 0 Å². The van der Waals surface area contributed by atoms with Crippen molar-refractivity contribution in [3.8, 4) is 0 Å². The van der Waals surface area contributed by atoms with Crippen molar-refractivity contribution in [3.05, 3.63) is 189 Å². The van der Waals surface area contributed by atoms with E-state index in [1.807, 2.05) is 19.9 Å². The van der Waals surface area contributed by atoms with E-state index in [4.69, 9.17) is 0 Å². The van der Waals surface area contributed by atoms with Gasteiger partial charge in [-0.05, 0) is 151 Å². The zero-order chi connectivity index (χ0) is 51.7. The molecule has 6 rings (SSSR count). The third-order valence-corrected chi connectivity index (χ3v) is 13.7. The zero-order valence-corrected chi connectivity index (χ0v) is 47.9. The first kappa shape index (κ1) is 62.9. The summed E-state index contributed by atoms with van der Waals surface area (Å²) in [6.07, 6.45) is 42.4. The second kappa shape index (κ2) is 35.9. The van der Waals surface area contributed by atoms with Crippen molar-refractivity contribution in [2.24, 2.45) is 17.3 Å². The Balaban J connectivity index is 0.000000616. The highest BCUT2D eigenvalue weighted by atomic mass is 14.4. The highest BCUT2D eigenvalue weighted by molar-refractivity contribution is 5.44. The van der Waals surface area contributed by atoms with Crippen LogP contribution in [0.2, 0.25) is 0 Å². The fraction of sp³-hybridized carbons (Fsp3) is 0.536. The topological polar surface area (TPSA) is 0 Å². The van der Waals surface area contributed by atoms with E-state index >= 15 is 0 Å². The Morgan fingerprint density at radius 3 is 1.52 bits per heavy atom. The van der Waals surface area contributed by atoms with Crippen molar-refractivity contribution in [2.45, 2.75) is 225 Å². The lowest BCUT2D eigenvalue weighted by atomic mass is 9.62. The van der Waals surface area contributed by atoms with Gasteiger partial charge in [0, 0.05) is 5.41 Å². The second-order valence-corrected chi connectivity index (χ2v) is 21.4. The van der Waals surface area contributed by atoms with E-state index in [0.717, 1.165) is 12.3 Å². The number of hydrogen-bond acceptors (Lipinski definition) is 0. The summed E-state index contributed by atoms with van der Waals surface area (Å²) in [6.45, 7) is 38.5. The second-order valence-electron chi connectivity index (χ2n) is 21.4. The van der Waals surface area contributed by atoms with Gasteiger partial charge in [-0.25, -0.2) is 0 Å². The van der Waals surface area contributed by atoms with Gasteiger partial charge in [0.15, 0.2) is 0 Å². The van der Waals surface area contributed by atoms with Crippen LogP contribution in [0.15, 0.2) is 150 Å². The molecular formula is C69H106. The summed E-state index contributed by atoms with van der Waals surface area (Å²) in [7, 11) is 0. The highest BCUT2D eigenvalue weighted by Gasteiger charge is 2.38. The molecule has 0 nitrogen and oxygen atoms in total. The Labute approximate surface area is 429 Å². The van der Waals surface area contributed by atoms with Gasteiger partial charge in [0.25, 0.3) is 0 Å². The van der Waals surface area contributed by atoms with Gasteiger partial charge in [0.05, 0.1) is 0 Å². The van der Waals surface area contributed by atoms with Crippen LogP contribution in [0.25, 0.3) is 0 Å². The molecule has 0 N–H and O–H groups in total. The quantitative estimate of drug-likeness (QED) is 0.118. The van der Waals surface area contributed by atoms with Crippen LogP contribution in [0.3, 0.4) is 0 Å². The summed E-state index contributed by atoms with van der Waals surface area (Å²) in [5.74, 6) is 1.48. The molecule has 0 atom stereocenters. The van der Waals surface area contributed by atoms with Crippen molar-refractivity contribution in [1.29, 1.82) is 0 Å². The molecule has 0 radical (unpaired) electrons. The molecule has 3 aliphatic carbocycles. The van der Waals surface area contributed by atoms with Crippen LogP contribution in [-0.2, 0) is 18.3 Å². The number of rotatable bonds is 13. The van der Waals surface area contributed by atoms with Gasteiger partial charge in [-0.2, -0.15) is 0 Å². The average Bonchev–Trinajstić information content (AvgIpc) is 3.34. The lowest BCUT2D eigenvalue weighted by Crippen LogP contribution is -2.29. The first-order chi connectivity index (χ1) is 33.0. The van der Waals surface area contributed by atoms with Crippen LogP contribution in [0.1, 0.15) is 218 Å². The molecule has 3 aliphatic rings. The molecule has 2 fully saturated rings. The summed E-state index contributed by atoms with van der Waals surface area (Å²) in [5, 5.41) is 0. The standard InChI is InChI=1S/C38H52.2C10H14.C5H10.C4H10.C2H6/c1-30-19-21-32(3)35(28-30)37(24-14-10-15-25-37)23-13-9-7-6-8-12-18-34(5)38(26-16-11-17-27-38)36-29-31(2)20-22-33(36)4;2*1-3-4-10-7-5-9(2)6-8-10;1-4-5(2)3;1-4(2)3;1-2/h6-9,12-13,18-19,21,28-29H,10-11,14-17,20,22-27H2,1-5H3;2*5-8H,3-4H2,1-2H3;4-5H,1H2,2-3H3;4H,1-3H3;1-2H3/b7-6+,12-8+,13-9+,34-18-;;;;;. The van der Waals surface area contributed by atoms with Crippen molar-refractivity contribution in [2.75, 3.05) is 0 Å². The lowest BCUT2D eigenvalue weighted by Gasteiger charge is -2.42. The van der Waals surface area contributed by atoms with Gasteiger partial charge in [-0.3, -0.25) is 0 Å². The summed E-state index contributed by atoms with van der Waals surface area (Å²) in [4.78, 5) is 0. The predicted molar refractivity (Wildman–Crippen MR) is 315 cm³/mol. The Morgan fingerprint density at radius 1 is 0.594 bits per heavy atom. The Kier molecular flexibility index (Phi) is 32.7. The Bertz CT molecular complexity index is 1950. The molecule has 0 bridgehead atoms. The Hall–Kier alpha value is -4.16. The van der Waals surface area contributed by atoms with E-state index in [9.17, 15) is 0 Å². The zero-order valence-electron chi connectivity index (χ0n) is 47.9. The average molecular weight is 936 g/mol. The van der Waals surface area contributed by atoms with E-state index in [2.05, 4.69) is 219 Å². The number of allylic oxidation sites excluding steroid dienone is 13. The van der Waals surface area contributed by atoms with Gasteiger partial charge in [-0.15, -0.1) is 6.58 Å². The highest BCUT2D eigenvalue weighted by Crippen LogP contribution is 2.51. The van der Waals surface area contributed by atoms with E-state index in [1.165, 1.54) is 136 Å². The molecular weight excluding hydrogens is 829 g/mol. The van der Waals surface area contributed by atoms with E-state index < -0.39 is 0 Å². The summed E-state index contributed by atoms with van der Waals surface area (Å²) in [6, 6.07) is 24.6. The van der Waals surface area contributed by atoms with Gasteiger partial charge in [0.1, 0.15) is 0 Å². The van der Waals surface area contributed by atoms with Crippen LogP contribution in [-0.4, -0.2) is 0 Å². The third kappa shape index (κ3) is 24.5. The molecule has 0 aromatic heterocycles. The molecule has 382 valence electrons. The van der Waals surface area contributed by atoms with Crippen LogP contribution >= 0.6 is 0 Å². The first-order valence-electron chi connectivity index (χ1n) is 27.9. The molecule has 3 aromatic rings. The fourth-order valence-corrected chi connectivity index (χ4v) is 9.67. The predicted octanol–water partition coefficient (Wildman–Crippen LogP) is 21.9. The largest absolute Gasteiger partial charge is 0.103 e. The van der Waals surface area contributed by atoms with Gasteiger partial charge < -0.3 is 0 Å². The maximum Gasteiger partial charge on any atom is 0.0161 e. The van der Waals surface area contributed by atoms with E-state index in [-0.39, 0.29) is 5.41 Å². The molecule has 0 unspecified atom stereocenters. The molecule has 0 saturated heterocycles. The summed E-state index contributed by atoms with van der Waals surface area (Å²) in [5.41, 5.74) is 17.0. The van der Waals surface area contributed by atoms with Crippen LogP contribution in [0, 0.1) is 44.9 Å². The maximum atomic E-state index is 3.56. The fourth-order valence-electron chi connectivity index (χ4n) is 9.67. The molecule has 0 aliphatic heterocycles. The molecule has 0 amide bonds. The minimum Gasteiger partial charge on any atom is -0.103 e. The minimum atomic E-state index is 0.250. The number of hydrogen-bond donors (Lipinski definition) is 0. The van der Waals surface area contributed by atoms with E-state index in [1.54, 1.807) is 27.9 Å². The monoisotopic (exact) mass is 935 g/mol. The number of aryl methyl sites for hydroxylation is 6. The third-order valence-electron chi connectivity index (χ3n) is 13.7. The number of benzene rings is 3. The molecule has 0 spiro atoms. The molecule has 69 heavy (non-hydrogen) atoms. The summed E-state index contributed by atoms with van der Waals surface area (Å²) < 4.78 is 0. The van der Waals surface area contributed by atoms with Crippen LogP contribution < -0.4 is 0 Å². The van der Waals surface area contributed by atoms with Crippen molar-refractivity contribution in [1.82, 2.24) is 0 Å². The van der Waals surface area contributed by atoms with Crippen LogP contribution in [0.4, 0.5) is 0 Å². The SMILES string of the molecule is C=CC(C)C.CC.CC(C)C.CC1=CC(C2(\C(C)=C/C=C/C=C/C=C/CC3(c4cc(C)ccc4C)CCCCC3)CCCCC2)=C(C)CC1.CCCc1ccc(C)cc1.CCCc1ccc(C)cc1. The smallest absolute Gasteiger partial charge is 0.0161 e. The molecule has 0 heterocycles. The molecule has 0 heteroatoms. The van der Waals surface area contributed by atoms with Gasteiger partial charge in [-0.1, -0.05) is 269 Å². The first-order valence-corrected chi connectivity index (χ1v) is 27.9. The summed E-state index contributed by atoms with van der Waals surface area (Å²) >= 11 is 0. The minimum absolute atomic E-state index is 0.250. The normalized spacial score (nSPS) is 16.5.